The number of hydrogen-bond donors (Lipinski definition) is 1. The van der Waals surface area contributed by atoms with Gasteiger partial charge in [0, 0.05) is 46.0 Å². The van der Waals surface area contributed by atoms with Gasteiger partial charge in [0.05, 0.1) is 6.54 Å². The maximum Gasteiger partial charge on any atom is 0.332 e. The topological polar surface area (TPSA) is 80.3 Å². The molecule has 11 heteroatoms. The monoisotopic (exact) mass is 535 g/mol. The Morgan fingerprint density at radius 1 is 0.974 bits per heavy atom. The fraction of sp³-hybridized carbons (Fsp3) is 0.333. The number of aromatic nitrogens is 4. The number of halogens is 1. The van der Waals surface area contributed by atoms with Crippen LogP contribution >= 0.6 is 12.2 Å². The van der Waals surface area contributed by atoms with Gasteiger partial charge in [-0.1, -0.05) is 18.2 Å². The summed E-state index contributed by atoms with van der Waals surface area (Å²) in [6.45, 7) is 6.99. The summed E-state index contributed by atoms with van der Waals surface area (Å²) in [6.07, 6.45) is 0. The van der Waals surface area contributed by atoms with E-state index < -0.39 is 11.2 Å². The molecular formula is C27H30FN7O2S. The van der Waals surface area contributed by atoms with Crippen molar-refractivity contribution in [2.45, 2.75) is 20.4 Å². The molecule has 0 radical (unpaired) electrons. The van der Waals surface area contributed by atoms with Gasteiger partial charge >= 0.3 is 5.69 Å². The Hall–Kier alpha value is -3.99. The van der Waals surface area contributed by atoms with Crippen LogP contribution in [-0.4, -0.2) is 54.9 Å². The predicted octanol–water partition coefficient (Wildman–Crippen LogP) is 2.76. The molecule has 1 saturated heterocycles. The largest absolute Gasteiger partial charge is 0.345 e. The lowest BCUT2D eigenvalue weighted by molar-refractivity contribution is 0.386. The van der Waals surface area contributed by atoms with Crippen LogP contribution in [0.2, 0.25) is 0 Å². The normalized spacial score (nSPS) is 13.8. The highest BCUT2D eigenvalue weighted by Crippen LogP contribution is 2.23. The number of nitrogens with zero attached hydrogens (tertiary/aromatic N) is 6. The van der Waals surface area contributed by atoms with Crippen LogP contribution in [0, 0.1) is 19.7 Å². The molecule has 5 rings (SSSR count). The Morgan fingerprint density at radius 2 is 1.61 bits per heavy atom. The second-order valence-corrected chi connectivity index (χ2v) is 10.2. The lowest BCUT2D eigenvalue weighted by Gasteiger charge is -2.36. The Balaban J connectivity index is 1.44. The molecule has 9 nitrogen and oxygen atoms in total. The van der Waals surface area contributed by atoms with Crippen molar-refractivity contribution in [1.29, 1.82) is 0 Å². The highest BCUT2D eigenvalue weighted by Gasteiger charge is 2.26. The van der Waals surface area contributed by atoms with Crippen molar-refractivity contribution in [2.75, 3.05) is 36.4 Å². The van der Waals surface area contributed by atoms with E-state index in [0.29, 0.717) is 54.9 Å². The molecule has 0 unspecified atom stereocenters. The first kappa shape index (κ1) is 25.7. The lowest BCUT2D eigenvalue weighted by atomic mass is 10.1. The third kappa shape index (κ3) is 4.81. The lowest BCUT2D eigenvalue weighted by Crippen LogP contribution is -2.50. The second kappa shape index (κ2) is 10.1. The van der Waals surface area contributed by atoms with Gasteiger partial charge in [-0.2, -0.15) is 4.98 Å². The van der Waals surface area contributed by atoms with Crippen molar-refractivity contribution in [1.82, 2.24) is 23.6 Å². The molecule has 2 aromatic carbocycles. The molecule has 1 fully saturated rings. The maximum absolute atomic E-state index is 13.5. The van der Waals surface area contributed by atoms with Gasteiger partial charge < -0.3 is 15.1 Å². The van der Waals surface area contributed by atoms with Gasteiger partial charge in [-0.15, -0.1) is 0 Å². The maximum atomic E-state index is 13.5. The Bertz CT molecular complexity index is 1630. The summed E-state index contributed by atoms with van der Waals surface area (Å²) in [6, 6.07) is 12.4. The van der Waals surface area contributed by atoms with Gasteiger partial charge in [-0.05, 0) is 67.0 Å². The average molecular weight is 536 g/mol. The second-order valence-electron chi connectivity index (χ2n) is 9.78. The molecular weight excluding hydrogens is 505 g/mol. The van der Waals surface area contributed by atoms with Crippen LogP contribution in [0.25, 0.3) is 11.2 Å². The van der Waals surface area contributed by atoms with Crippen LogP contribution in [0.5, 0.6) is 0 Å². The fourth-order valence-electron chi connectivity index (χ4n) is 4.96. The van der Waals surface area contributed by atoms with Crippen LogP contribution in [0.3, 0.4) is 0 Å². The van der Waals surface area contributed by atoms with E-state index in [1.807, 2.05) is 4.57 Å². The summed E-state index contributed by atoms with van der Waals surface area (Å²) < 4.78 is 17.8. The number of rotatable bonds is 4. The number of aryl methyl sites for hydroxylation is 3. The molecule has 1 N–H and O–H groups in total. The van der Waals surface area contributed by atoms with Crippen LogP contribution < -0.4 is 21.5 Å². The van der Waals surface area contributed by atoms with Crippen molar-refractivity contribution >= 4 is 40.1 Å². The Labute approximate surface area is 224 Å². The van der Waals surface area contributed by atoms with Gasteiger partial charge in [-0.3, -0.25) is 18.5 Å². The van der Waals surface area contributed by atoms with Crippen LogP contribution in [-0.2, 0) is 20.6 Å². The van der Waals surface area contributed by atoms with E-state index in [0.717, 1.165) is 15.8 Å². The molecule has 38 heavy (non-hydrogen) atoms. The number of nitrogens with one attached hydrogen (secondary N) is 1. The first-order valence-electron chi connectivity index (χ1n) is 12.4. The zero-order chi connectivity index (χ0) is 27.1. The van der Waals surface area contributed by atoms with Crippen molar-refractivity contribution in [3.63, 3.8) is 0 Å². The Morgan fingerprint density at radius 3 is 2.24 bits per heavy atom. The molecule has 3 heterocycles. The highest BCUT2D eigenvalue weighted by atomic mass is 32.1. The Kier molecular flexibility index (Phi) is 6.78. The number of anilines is 2. The van der Waals surface area contributed by atoms with E-state index in [-0.39, 0.29) is 5.82 Å². The SMILES string of the molecule is Cc1cc(C)cc(NC(=S)N2CCN(c3nc4c(c(=O)n(C)c(=O)n4C)n3Cc3ccc(F)cc3)CC2)c1. The first-order chi connectivity index (χ1) is 18.1. The molecule has 0 atom stereocenters. The van der Waals surface area contributed by atoms with Gasteiger partial charge in [-0.25, -0.2) is 9.18 Å². The minimum atomic E-state index is -0.437. The van der Waals surface area contributed by atoms with E-state index >= 15 is 0 Å². The highest BCUT2D eigenvalue weighted by molar-refractivity contribution is 7.80. The fourth-order valence-corrected chi connectivity index (χ4v) is 5.26. The number of imidazole rings is 1. The molecule has 1 aliphatic heterocycles. The molecule has 198 valence electrons. The van der Waals surface area contributed by atoms with Crippen molar-refractivity contribution in [3.8, 4) is 0 Å². The van der Waals surface area contributed by atoms with Crippen LogP contribution in [0.15, 0.2) is 52.1 Å². The molecule has 4 aromatic rings. The van der Waals surface area contributed by atoms with E-state index in [4.69, 9.17) is 17.2 Å². The smallest absolute Gasteiger partial charge is 0.332 e. The zero-order valence-corrected chi connectivity index (χ0v) is 22.7. The zero-order valence-electron chi connectivity index (χ0n) is 21.9. The van der Waals surface area contributed by atoms with Crippen LogP contribution in [0.4, 0.5) is 16.0 Å². The average Bonchev–Trinajstić information content (AvgIpc) is 3.26. The summed E-state index contributed by atoms with van der Waals surface area (Å²) in [5, 5.41) is 4.01. The molecule has 0 saturated carbocycles. The first-order valence-corrected chi connectivity index (χ1v) is 12.8. The van der Waals surface area contributed by atoms with E-state index in [1.54, 1.807) is 19.2 Å². The van der Waals surface area contributed by atoms with Crippen molar-refractivity contribution in [2.24, 2.45) is 14.1 Å². The summed E-state index contributed by atoms with van der Waals surface area (Å²) in [4.78, 5) is 34.8. The van der Waals surface area contributed by atoms with Gasteiger partial charge in [0.25, 0.3) is 5.56 Å². The van der Waals surface area contributed by atoms with Gasteiger partial charge in [0.2, 0.25) is 5.95 Å². The molecule has 1 aliphatic rings. The number of fused-ring (bicyclic) bond motifs is 1. The predicted molar refractivity (Wildman–Crippen MR) is 152 cm³/mol. The third-order valence-electron chi connectivity index (χ3n) is 6.90. The summed E-state index contributed by atoms with van der Waals surface area (Å²) in [5.74, 6) is 0.264. The minimum Gasteiger partial charge on any atom is -0.345 e. The molecule has 0 bridgehead atoms. The van der Waals surface area contributed by atoms with E-state index in [2.05, 4.69) is 47.2 Å². The number of thiocarbonyl (C=S) groups is 1. The van der Waals surface area contributed by atoms with Crippen LogP contribution in [0.1, 0.15) is 16.7 Å². The third-order valence-corrected chi connectivity index (χ3v) is 7.26. The van der Waals surface area contributed by atoms with E-state index in [1.165, 1.54) is 34.9 Å². The van der Waals surface area contributed by atoms with Gasteiger partial charge in [0.1, 0.15) is 5.82 Å². The van der Waals surface area contributed by atoms with E-state index in [9.17, 15) is 14.0 Å². The summed E-state index contributed by atoms with van der Waals surface area (Å²) >= 11 is 5.70. The summed E-state index contributed by atoms with van der Waals surface area (Å²) in [5.41, 5.74) is 3.93. The molecule has 0 amide bonds. The molecule has 0 aliphatic carbocycles. The molecule has 2 aromatic heterocycles. The number of benzene rings is 2. The van der Waals surface area contributed by atoms with Crippen molar-refractivity contribution < 1.29 is 4.39 Å². The summed E-state index contributed by atoms with van der Waals surface area (Å²) in [7, 11) is 3.07. The minimum absolute atomic E-state index is 0.312. The molecule has 0 spiro atoms. The standard InChI is InChI=1S/C27H30FN7O2S/c1-17-13-18(2)15-21(14-17)29-26(38)34-11-9-33(10-12-34)25-30-23-22(24(36)32(4)27(37)31(23)3)35(25)16-19-5-7-20(28)8-6-19/h5-8,13-15H,9-12,16H2,1-4H3,(H,29,38). The number of hydrogen-bond acceptors (Lipinski definition) is 5. The number of piperazine rings is 1. The van der Waals surface area contributed by atoms with Gasteiger partial charge in [0.15, 0.2) is 16.3 Å². The quantitative estimate of drug-likeness (QED) is 0.403. The van der Waals surface area contributed by atoms with Crippen molar-refractivity contribution in [3.05, 3.63) is 85.8 Å².